The second-order valence-electron chi connectivity index (χ2n) is 4.71. The fourth-order valence-electron chi connectivity index (χ4n) is 2.15. The summed E-state index contributed by atoms with van der Waals surface area (Å²) in [6.45, 7) is 6.69. The molecule has 0 fully saturated rings. The molecule has 1 N–H and O–H groups in total. The van der Waals surface area contributed by atoms with Gasteiger partial charge < -0.3 is 5.32 Å². The van der Waals surface area contributed by atoms with E-state index in [1.807, 2.05) is 12.1 Å². The molecule has 0 saturated heterocycles. The smallest absolute Gasteiger partial charge is 0.109 e. The first-order chi connectivity index (χ1) is 11.3. The summed E-state index contributed by atoms with van der Waals surface area (Å²) < 4.78 is 1.23. The lowest BCUT2D eigenvalue weighted by molar-refractivity contribution is 0.904. The van der Waals surface area contributed by atoms with Gasteiger partial charge in [-0.25, -0.2) is 4.98 Å². The number of thiophene rings is 1. The molecule has 0 bridgehead atoms. The number of thiazole rings is 1. The summed E-state index contributed by atoms with van der Waals surface area (Å²) in [6.07, 6.45) is 0. The van der Waals surface area contributed by atoms with E-state index in [0.717, 1.165) is 38.4 Å². The maximum absolute atomic E-state index is 4.70. The number of nitrogens with zero attached hydrogens (tertiary/aromatic N) is 2. The van der Waals surface area contributed by atoms with Crippen molar-refractivity contribution in [3.8, 4) is 0 Å². The van der Waals surface area contributed by atoms with E-state index in [2.05, 4.69) is 53.6 Å². The number of hydrogen-bond acceptors (Lipinski definition) is 6. The molecule has 0 saturated carbocycles. The zero-order chi connectivity index (χ0) is 16.1. The number of benzene rings is 1. The maximum Gasteiger partial charge on any atom is 0.109 e. The highest BCUT2D eigenvalue weighted by molar-refractivity contribution is 8.02. The van der Waals surface area contributed by atoms with Crippen molar-refractivity contribution in [2.24, 2.45) is 4.99 Å². The molecule has 0 spiro atoms. The van der Waals surface area contributed by atoms with Gasteiger partial charge >= 0.3 is 0 Å². The Kier molecular flexibility index (Phi) is 5.48. The topological polar surface area (TPSA) is 37.3 Å². The fraction of sp³-hybridized carbons (Fsp3) is 0.176. The van der Waals surface area contributed by atoms with E-state index in [0.29, 0.717) is 0 Å². The molecule has 3 nitrogen and oxygen atoms in total. The SMILES string of the molecule is C=N/C(=C(/NCC)SCc1nc2ccccc2s1)c1cccs1. The van der Waals surface area contributed by atoms with Crippen LogP contribution in [0.1, 0.15) is 16.8 Å². The number of thioether (sulfide) groups is 1. The van der Waals surface area contributed by atoms with Gasteiger partial charge in [-0.05, 0) is 37.2 Å². The molecule has 2 aromatic heterocycles. The van der Waals surface area contributed by atoms with Crippen molar-refractivity contribution in [1.82, 2.24) is 10.3 Å². The van der Waals surface area contributed by atoms with Crippen LogP contribution >= 0.6 is 34.4 Å². The van der Waals surface area contributed by atoms with E-state index in [9.17, 15) is 0 Å². The van der Waals surface area contributed by atoms with Crippen molar-refractivity contribution in [3.05, 3.63) is 56.7 Å². The molecule has 1 aromatic carbocycles. The Morgan fingerprint density at radius 3 is 2.87 bits per heavy atom. The number of para-hydroxylation sites is 1. The lowest BCUT2D eigenvalue weighted by atomic mass is 10.3. The molecule has 0 aliphatic rings. The molecule has 0 aliphatic carbocycles. The molecule has 0 radical (unpaired) electrons. The van der Waals surface area contributed by atoms with Crippen LogP contribution in [0.4, 0.5) is 0 Å². The zero-order valence-corrected chi connectivity index (χ0v) is 15.2. The first-order valence-electron chi connectivity index (χ1n) is 7.27. The van der Waals surface area contributed by atoms with Crippen molar-refractivity contribution in [2.75, 3.05) is 6.54 Å². The van der Waals surface area contributed by atoms with Gasteiger partial charge in [-0.3, -0.25) is 4.99 Å². The lowest BCUT2D eigenvalue weighted by Gasteiger charge is -2.11. The Morgan fingerprint density at radius 1 is 1.30 bits per heavy atom. The molecule has 23 heavy (non-hydrogen) atoms. The highest BCUT2D eigenvalue weighted by Crippen LogP contribution is 2.32. The minimum atomic E-state index is 0.825. The quantitative estimate of drug-likeness (QED) is 0.587. The Bertz CT molecular complexity index is 786. The lowest BCUT2D eigenvalue weighted by Crippen LogP contribution is -2.11. The fourth-order valence-corrected chi connectivity index (χ4v) is 5.02. The normalized spacial score (nSPS) is 12.2. The van der Waals surface area contributed by atoms with Gasteiger partial charge in [-0.2, -0.15) is 0 Å². The van der Waals surface area contributed by atoms with Crippen LogP contribution in [0.5, 0.6) is 0 Å². The van der Waals surface area contributed by atoms with Crippen LogP contribution in [0.2, 0.25) is 0 Å². The van der Waals surface area contributed by atoms with Crippen LogP contribution in [0, 0.1) is 0 Å². The maximum atomic E-state index is 4.70. The largest absolute Gasteiger partial charge is 0.378 e. The second kappa shape index (κ2) is 7.77. The van der Waals surface area contributed by atoms with Crippen LogP contribution in [-0.4, -0.2) is 18.2 Å². The number of nitrogens with one attached hydrogen (secondary N) is 1. The second-order valence-corrected chi connectivity index (χ2v) is 7.76. The third kappa shape index (κ3) is 3.83. The van der Waals surface area contributed by atoms with Crippen LogP contribution in [0.15, 0.2) is 51.8 Å². The molecule has 118 valence electrons. The molecule has 0 atom stereocenters. The number of aliphatic imine (C=N–C) groups is 1. The van der Waals surface area contributed by atoms with Gasteiger partial charge in [0, 0.05) is 6.54 Å². The third-order valence-electron chi connectivity index (χ3n) is 3.14. The highest BCUT2D eigenvalue weighted by atomic mass is 32.2. The van der Waals surface area contributed by atoms with E-state index in [-0.39, 0.29) is 0 Å². The van der Waals surface area contributed by atoms with Gasteiger partial charge in [-0.15, -0.1) is 22.7 Å². The average molecular weight is 360 g/mol. The van der Waals surface area contributed by atoms with Crippen LogP contribution in [-0.2, 0) is 5.75 Å². The Labute approximate surface area is 148 Å². The average Bonchev–Trinajstić information content (AvgIpc) is 3.22. The molecule has 0 amide bonds. The summed E-state index contributed by atoms with van der Waals surface area (Å²) >= 11 is 5.16. The van der Waals surface area contributed by atoms with E-state index >= 15 is 0 Å². The predicted octanol–water partition coefficient (Wildman–Crippen LogP) is 5.23. The van der Waals surface area contributed by atoms with E-state index in [4.69, 9.17) is 4.98 Å². The van der Waals surface area contributed by atoms with Gasteiger partial charge in [0.1, 0.15) is 10.7 Å². The summed E-state index contributed by atoms with van der Waals surface area (Å²) in [6, 6.07) is 12.4. The first kappa shape index (κ1) is 16.2. The standard InChI is InChI=1S/C17H17N3S3/c1-3-19-17(16(18-2)14-9-6-10-21-14)22-11-15-20-12-7-4-5-8-13(12)23-15/h4-10,19H,2-3,11H2,1H3/b17-16-. The Balaban J connectivity index is 1.83. The van der Waals surface area contributed by atoms with Gasteiger partial charge in [0.05, 0.1) is 25.9 Å². The summed E-state index contributed by atoms with van der Waals surface area (Å²) in [5.41, 5.74) is 2.00. The summed E-state index contributed by atoms with van der Waals surface area (Å²) in [5.74, 6) is 0.825. The number of fused-ring (bicyclic) bond motifs is 1. The molecule has 6 heteroatoms. The predicted molar refractivity (Wildman–Crippen MR) is 105 cm³/mol. The van der Waals surface area contributed by atoms with Gasteiger partial charge in [0.15, 0.2) is 0 Å². The van der Waals surface area contributed by atoms with Crippen molar-refractivity contribution >= 4 is 57.1 Å². The van der Waals surface area contributed by atoms with E-state index < -0.39 is 0 Å². The molecule has 0 unspecified atom stereocenters. The van der Waals surface area contributed by atoms with Gasteiger partial charge in [0.2, 0.25) is 0 Å². The first-order valence-corrected chi connectivity index (χ1v) is 9.96. The van der Waals surface area contributed by atoms with Crippen LogP contribution in [0.3, 0.4) is 0 Å². The van der Waals surface area contributed by atoms with Crippen molar-refractivity contribution in [3.63, 3.8) is 0 Å². The molecule has 0 aliphatic heterocycles. The van der Waals surface area contributed by atoms with E-state index in [1.54, 1.807) is 34.4 Å². The molecule has 3 aromatic rings. The highest BCUT2D eigenvalue weighted by Gasteiger charge is 2.11. The minimum absolute atomic E-state index is 0.825. The molecule has 3 rings (SSSR count). The van der Waals surface area contributed by atoms with Gasteiger partial charge in [0.25, 0.3) is 0 Å². The van der Waals surface area contributed by atoms with Gasteiger partial charge in [-0.1, -0.05) is 30.0 Å². The molecular formula is C17H17N3S3. The number of rotatable bonds is 7. The minimum Gasteiger partial charge on any atom is -0.378 e. The zero-order valence-electron chi connectivity index (χ0n) is 12.8. The summed E-state index contributed by atoms with van der Waals surface area (Å²) in [4.78, 5) is 10.1. The molecular weight excluding hydrogens is 342 g/mol. The number of aromatic nitrogens is 1. The third-order valence-corrected chi connectivity index (χ3v) is 6.28. The van der Waals surface area contributed by atoms with Crippen LogP contribution in [0.25, 0.3) is 15.9 Å². The van der Waals surface area contributed by atoms with Crippen molar-refractivity contribution in [2.45, 2.75) is 12.7 Å². The number of hydrogen-bond donors (Lipinski definition) is 1. The molecule has 2 heterocycles. The van der Waals surface area contributed by atoms with Crippen LogP contribution < -0.4 is 5.32 Å². The monoisotopic (exact) mass is 359 g/mol. The van der Waals surface area contributed by atoms with E-state index in [1.165, 1.54) is 4.70 Å². The Morgan fingerprint density at radius 2 is 2.17 bits per heavy atom. The van der Waals surface area contributed by atoms with Crippen molar-refractivity contribution < 1.29 is 0 Å². The summed E-state index contributed by atoms with van der Waals surface area (Å²) in [7, 11) is 0. The van der Waals surface area contributed by atoms with Crippen molar-refractivity contribution in [1.29, 1.82) is 0 Å². The Hall–Kier alpha value is -1.63. The summed E-state index contributed by atoms with van der Waals surface area (Å²) in [5, 5.41) is 7.66.